The molecular formula is C14H20N4O3. The van der Waals surface area contributed by atoms with Gasteiger partial charge in [0.2, 0.25) is 5.91 Å². The van der Waals surface area contributed by atoms with E-state index >= 15 is 0 Å². The summed E-state index contributed by atoms with van der Waals surface area (Å²) in [7, 11) is 0. The van der Waals surface area contributed by atoms with Gasteiger partial charge in [0.1, 0.15) is 0 Å². The summed E-state index contributed by atoms with van der Waals surface area (Å²) in [5, 5.41) is 13.9. The Morgan fingerprint density at radius 2 is 2.10 bits per heavy atom. The van der Waals surface area contributed by atoms with E-state index in [0.29, 0.717) is 31.7 Å². The third-order valence-electron chi connectivity index (χ3n) is 4.13. The molecule has 1 N–H and O–H groups in total. The Hall–Kier alpha value is -1.89. The van der Waals surface area contributed by atoms with Crippen LogP contribution in [0.4, 0.5) is 0 Å². The van der Waals surface area contributed by atoms with E-state index in [9.17, 15) is 14.7 Å². The number of rotatable bonds is 1. The number of likely N-dealkylation sites (tertiary alicyclic amines) is 1. The van der Waals surface area contributed by atoms with Gasteiger partial charge >= 0.3 is 0 Å². The summed E-state index contributed by atoms with van der Waals surface area (Å²) < 4.78 is 1.82. The van der Waals surface area contributed by atoms with Crippen molar-refractivity contribution in [1.82, 2.24) is 19.6 Å². The normalized spacial score (nSPS) is 22.1. The van der Waals surface area contributed by atoms with Crippen LogP contribution in [0.1, 0.15) is 35.9 Å². The molecule has 0 aromatic carbocycles. The lowest BCUT2D eigenvalue weighted by atomic mass is 10.3. The highest BCUT2D eigenvalue weighted by molar-refractivity contribution is 5.92. The average Bonchev–Trinajstić information content (AvgIpc) is 2.99. The maximum Gasteiger partial charge on any atom is 0.274 e. The molecule has 0 unspecified atom stereocenters. The topological polar surface area (TPSA) is 78.7 Å². The van der Waals surface area contributed by atoms with Gasteiger partial charge in [-0.3, -0.25) is 14.3 Å². The maximum absolute atomic E-state index is 12.4. The molecule has 7 heteroatoms. The fourth-order valence-electron chi connectivity index (χ4n) is 2.92. The molecule has 2 aliphatic heterocycles. The second-order valence-electron chi connectivity index (χ2n) is 5.73. The molecule has 0 aliphatic carbocycles. The minimum Gasteiger partial charge on any atom is -0.391 e. The minimum atomic E-state index is -0.428. The molecule has 3 heterocycles. The zero-order chi connectivity index (χ0) is 15.0. The van der Waals surface area contributed by atoms with Crippen LogP contribution < -0.4 is 0 Å². The van der Waals surface area contributed by atoms with Gasteiger partial charge in [0, 0.05) is 33.1 Å². The van der Waals surface area contributed by atoms with Crippen LogP contribution in [0.15, 0.2) is 6.07 Å². The smallest absolute Gasteiger partial charge is 0.274 e. The van der Waals surface area contributed by atoms with Gasteiger partial charge in [-0.15, -0.1) is 0 Å². The lowest BCUT2D eigenvalue weighted by molar-refractivity contribution is -0.129. The Kier molecular flexibility index (Phi) is 3.67. The molecule has 21 heavy (non-hydrogen) atoms. The monoisotopic (exact) mass is 292 g/mol. The van der Waals surface area contributed by atoms with Crippen molar-refractivity contribution in [2.24, 2.45) is 0 Å². The number of hydrogen-bond acceptors (Lipinski definition) is 4. The van der Waals surface area contributed by atoms with Crippen LogP contribution in [0, 0.1) is 0 Å². The van der Waals surface area contributed by atoms with E-state index in [1.165, 1.54) is 0 Å². The van der Waals surface area contributed by atoms with Crippen molar-refractivity contribution >= 4 is 11.8 Å². The Bertz CT molecular complexity index is 569. The van der Waals surface area contributed by atoms with Crippen LogP contribution in [0.5, 0.6) is 0 Å². The Labute approximate surface area is 123 Å². The van der Waals surface area contributed by atoms with E-state index in [0.717, 1.165) is 25.2 Å². The van der Waals surface area contributed by atoms with Crippen molar-refractivity contribution in [2.45, 2.75) is 39.0 Å². The highest BCUT2D eigenvalue weighted by Gasteiger charge is 2.28. The number of carbonyl (C=O) groups excluding carboxylic acids is 2. The number of fused-ring (bicyclic) bond motifs is 1. The van der Waals surface area contributed by atoms with Gasteiger partial charge in [-0.05, 0) is 18.9 Å². The summed E-state index contributed by atoms with van der Waals surface area (Å²) >= 11 is 0. The second-order valence-corrected chi connectivity index (χ2v) is 5.73. The predicted octanol–water partition coefficient (Wildman–Crippen LogP) is -0.158. The Morgan fingerprint density at radius 3 is 2.76 bits per heavy atom. The predicted molar refractivity (Wildman–Crippen MR) is 74.5 cm³/mol. The zero-order valence-corrected chi connectivity index (χ0v) is 12.2. The molecule has 0 spiro atoms. The molecular weight excluding hydrogens is 272 g/mol. The van der Waals surface area contributed by atoms with E-state index in [-0.39, 0.29) is 11.8 Å². The van der Waals surface area contributed by atoms with Crippen LogP contribution >= 0.6 is 0 Å². The number of aliphatic hydroxyl groups excluding tert-OH is 1. The highest BCUT2D eigenvalue weighted by Crippen LogP contribution is 2.17. The molecule has 0 saturated carbocycles. The van der Waals surface area contributed by atoms with Gasteiger partial charge in [0.15, 0.2) is 5.69 Å². The molecule has 2 aliphatic rings. The van der Waals surface area contributed by atoms with Gasteiger partial charge in [0.05, 0.1) is 18.3 Å². The first-order valence-corrected chi connectivity index (χ1v) is 7.34. The molecule has 2 amide bonds. The standard InChI is InChI=1S/C14H20N4O3/c1-10(19)16-4-2-5-18-11(8-16)7-13(15-18)14(21)17-6-3-12(20)9-17/h7,12,20H,2-6,8-9H2,1H3/t12-/m1/s1. The van der Waals surface area contributed by atoms with Crippen molar-refractivity contribution < 1.29 is 14.7 Å². The number of carbonyl (C=O) groups is 2. The average molecular weight is 292 g/mol. The van der Waals surface area contributed by atoms with Crippen LogP contribution in [-0.4, -0.2) is 62.2 Å². The maximum atomic E-state index is 12.4. The molecule has 7 nitrogen and oxygen atoms in total. The first kappa shape index (κ1) is 14.1. The number of aliphatic hydroxyl groups is 1. The summed E-state index contributed by atoms with van der Waals surface area (Å²) in [5.74, 6) is -0.0957. The molecule has 1 aromatic heterocycles. The number of amides is 2. The van der Waals surface area contributed by atoms with Crippen LogP contribution in [-0.2, 0) is 17.9 Å². The third kappa shape index (κ3) is 2.78. The molecule has 0 radical (unpaired) electrons. The van der Waals surface area contributed by atoms with E-state index in [2.05, 4.69) is 5.10 Å². The lowest BCUT2D eigenvalue weighted by Gasteiger charge is -2.17. The number of aromatic nitrogens is 2. The van der Waals surface area contributed by atoms with E-state index < -0.39 is 6.10 Å². The molecule has 0 bridgehead atoms. The number of β-amino-alcohol motifs (C(OH)–C–C–N with tert-alkyl or cyclic N) is 1. The second kappa shape index (κ2) is 5.48. The quantitative estimate of drug-likeness (QED) is 0.780. The van der Waals surface area contributed by atoms with Gasteiger partial charge < -0.3 is 14.9 Å². The summed E-state index contributed by atoms with van der Waals surface area (Å²) in [5.41, 5.74) is 1.30. The molecule has 1 atom stereocenters. The molecule has 3 rings (SSSR count). The summed E-state index contributed by atoms with van der Waals surface area (Å²) in [6.45, 7) is 4.44. The van der Waals surface area contributed by atoms with Gasteiger partial charge in [-0.2, -0.15) is 5.10 Å². The number of hydrogen-bond donors (Lipinski definition) is 1. The van der Waals surface area contributed by atoms with E-state index in [1.54, 1.807) is 22.8 Å². The fraction of sp³-hybridized carbons (Fsp3) is 0.643. The molecule has 1 fully saturated rings. The zero-order valence-electron chi connectivity index (χ0n) is 12.2. The highest BCUT2D eigenvalue weighted by atomic mass is 16.3. The van der Waals surface area contributed by atoms with Gasteiger partial charge in [-0.25, -0.2) is 0 Å². The number of nitrogens with zero attached hydrogens (tertiary/aromatic N) is 4. The van der Waals surface area contributed by atoms with Gasteiger partial charge in [0.25, 0.3) is 5.91 Å². The molecule has 114 valence electrons. The van der Waals surface area contributed by atoms with E-state index in [1.807, 2.05) is 4.68 Å². The van der Waals surface area contributed by atoms with Crippen molar-refractivity contribution in [3.8, 4) is 0 Å². The largest absolute Gasteiger partial charge is 0.391 e. The SMILES string of the molecule is CC(=O)N1CCCn2nc(C(=O)N3CC[C@@H](O)C3)cc2C1. The van der Waals surface area contributed by atoms with Gasteiger partial charge in [-0.1, -0.05) is 0 Å². The van der Waals surface area contributed by atoms with Crippen molar-refractivity contribution in [2.75, 3.05) is 19.6 Å². The van der Waals surface area contributed by atoms with Crippen molar-refractivity contribution in [1.29, 1.82) is 0 Å². The van der Waals surface area contributed by atoms with E-state index in [4.69, 9.17) is 0 Å². The Balaban J connectivity index is 1.79. The first-order chi connectivity index (χ1) is 10.0. The number of aryl methyl sites for hydroxylation is 1. The van der Waals surface area contributed by atoms with Crippen molar-refractivity contribution in [3.05, 3.63) is 17.5 Å². The minimum absolute atomic E-state index is 0.0418. The fourth-order valence-corrected chi connectivity index (χ4v) is 2.92. The lowest BCUT2D eigenvalue weighted by Crippen LogP contribution is -2.30. The van der Waals surface area contributed by atoms with Crippen molar-refractivity contribution in [3.63, 3.8) is 0 Å². The Morgan fingerprint density at radius 1 is 1.29 bits per heavy atom. The first-order valence-electron chi connectivity index (χ1n) is 7.34. The summed E-state index contributed by atoms with van der Waals surface area (Å²) in [4.78, 5) is 27.3. The summed E-state index contributed by atoms with van der Waals surface area (Å²) in [6, 6.07) is 1.77. The molecule has 1 saturated heterocycles. The van der Waals surface area contributed by atoms with Crippen LogP contribution in [0.2, 0.25) is 0 Å². The van der Waals surface area contributed by atoms with Crippen LogP contribution in [0.3, 0.4) is 0 Å². The van der Waals surface area contributed by atoms with Crippen LogP contribution in [0.25, 0.3) is 0 Å². The summed E-state index contributed by atoms with van der Waals surface area (Å²) in [6.07, 6.45) is 1.03. The molecule has 1 aromatic rings. The third-order valence-corrected chi connectivity index (χ3v) is 4.13.